The van der Waals surface area contributed by atoms with Crippen molar-refractivity contribution in [2.24, 2.45) is 0 Å². The molecule has 3 aromatic rings. The van der Waals surface area contributed by atoms with Crippen LogP contribution in [-0.4, -0.2) is 47.1 Å². The summed E-state index contributed by atoms with van der Waals surface area (Å²) >= 11 is 0. The van der Waals surface area contributed by atoms with Gasteiger partial charge in [0.2, 0.25) is 5.91 Å². The fourth-order valence-corrected chi connectivity index (χ4v) is 3.78. The van der Waals surface area contributed by atoms with Crippen LogP contribution in [0.15, 0.2) is 49.1 Å². The van der Waals surface area contributed by atoms with Gasteiger partial charge in [0.05, 0.1) is 12.9 Å². The Labute approximate surface area is 157 Å². The fourth-order valence-electron chi connectivity index (χ4n) is 3.78. The first-order valence-corrected chi connectivity index (χ1v) is 9.23. The van der Waals surface area contributed by atoms with Crippen LogP contribution in [0.2, 0.25) is 0 Å². The number of hydrogen-bond acceptors (Lipinski definition) is 5. The van der Waals surface area contributed by atoms with Crippen LogP contribution in [0.3, 0.4) is 0 Å². The van der Waals surface area contributed by atoms with Gasteiger partial charge >= 0.3 is 0 Å². The van der Waals surface area contributed by atoms with E-state index >= 15 is 0 Å². The molecule has 4 rings (SSSR count). The predicted molar refractivity (Wildman–Crippen MR) is 98.5 cm³/mol. The summed E-state index contributed by atoms with van der Waals surface area (Å²) in [6.07, 6.45) is 7.61. The highest BCUT2D eigenvalue weighted by atomic mass is 16.2. The summed E-state index contributed by atoms with van der Waals surface area (Å²) in [5.41, 5.74) is 0.648. The lowest BCUT2D eigenvalue weighted by Crippen LogP contribution is -2.44. The number of nitrogens with zero attached hydrogens (tertiary/aromatic N) is 7. The molecule has 140 valence electrons. The summed E-state index contributed by atoms with van der Waals surface area (Å²) in [5.74, 6) is 0.914. The molecule has 1 saturated heterocycles. The van der Waals surface area contributed by atoms with Crippen LogP contribution >= 0.6 is 0 Å². The van der Waals surface area contributed by atoms with Crippen molar-refractivity contribution in [3.05, 3.63) is 60.4 Å². The normalized spacial score (nSPS) is 19.7. The van der Waals surface area contributed by atoms with Crippen molar-refractivity contribution < 1.29 is 4.79 Å². The molecular weight excluding hydrogens is 342 g/mol. The van der Waals surface area contributed by atoms with Gasteiger partial charge in [-0.15, -0.1) is 5.10 Å². The molecule has 8 heteroatoms. The second kappa shape index (κ2) is 7.30. The second-order valence-electron chi connectivity index (χ2n) is 7.12. The number of rotatable bonds is 7. The number of carbonyl (C=O) groups is 1. The van der Waals surface area contributed by atoms with Crippen molar-refractivity contribution in [2.75, 3.05) is 6.54 Å². The standard InChI is InChI=1S/C19H23N7O/c1-19(18-21-22-23-26(18)14-16-6-3-2-4-7-16)9-8-17(27)25(19)12-5-11-24-13-10-20-15-24/h2-4,6-7,10,13,15H,5,8-9,11-12,14H2,1H3. The first kappa shape index (κ1) is 17.4. The number of tetrazole rings is 1. The van der Waals surface area contributed by atoms with Gasteiger partial charge in [0.1, 0.15) is 5.54 Å². The molecule has 1 aliphatic heterocycles. The minimum Gasteiger partial charge on any atom is -0.337 e. The van der Waals surface area contributed by atoms with Gasteiger partial charge in [-0.3, -0.25) is 4.79 Å². The lowest BCUT2D eigenvalue weighted by Gasteiger charge is -2.34. The Kier molecular flexibility index (Phi) is 4.70. The van der Waals surface area contributed by atoms with Gasteiger partial charge in [-0.05, 0) is 35.8 Å². The van der Waals surface area contributed by atoms with Crippen LogP contribution in [0, 0.1) is 0 Å². The Hall–Kier alpha value is -3.03. The van der Waals surface area contributed by atoms with E-state index in [4.69, 9.17) is 0 Å². The Morgan fingerprint density at radius 3 is 2.81 bits per heavy atom. The minimum absolute atomic E-state index is 0.164. The van der Waals surface area contributed by atoms with Crippen LogP contribution in [0.4, 0.5) is 0 Å². The average molecular weight is 365 g/mol. The molecule has 0 spiro atoms. The maximum absolute atomic E-state index is 12.6. The highest BCUT2D eigenvalue weighted by molar-refractivity contribution is 5.79. The third-order valence-corrected chi connectivity index (χ3v) is 5.27. The van der Waals surface area contributed by atoms with E-state index < -0.39 is 5.54 Å². The maximum atomic E-state index is 12.6. The molecular formula is C19H23N7O. The van der Waals surface area contributed by atoms with Crippen LogP contribution in [-0.2, 0) is 23.4 Å². The topological polar surface area (TPSA) is 81.7 Å². The summed E-state index contributed by atoms with van der Waals surface area (Å²) in [6, 6.07) is 10.1. The summed E-state index contributed by atoms with van der Waals surface area (Å²) in [5, 5.41) is 12.4. The highest BCUT2D eigenvalue weighted by Gasteiger charge is 2.46. The molecule has 0 aliphatic carbocycles. The Balaban J connectivity index is 1.52. The van der Waals surface area contributed by atoms with Crippen LogP contribution in [0.25, 0.3) is 0 Å². The molecule has 0 radical (unpaired) electrons. The zero-order chi connectivity index (χ0) is 18.7. The second-order valence-corrected chi connectivity index (χ2v) is 7.12. The van der Waals surface area contributed by atoms with Crippen molar-refractivity contribution in [2.45, 2.75) is 44.8 Å². The van der Waals surface area contributed by atoms with Gasteiger partial charge in [-0.1, -0.05) is 30.3 Å². The predicted octanol–water partition coefficient (Wildman–Crippen LogP) is 1.85. The van der Waals surface area contributed by atoms with E-state index in [1.54, 1.807) is 12.5 Å². The van der Waals surface area contributed by atoms with E-state index in [-0.39, 0.29) is 5.91 Å². The molecule has 3 heterocycles. The molecule has 1 amide bonds. The molecule has 0 bridgehead atoms. The quantitative estimate of drug-likeness (QED) is 0.638. The molecule has 27 heavy (non-hydrogen) atoms. The summed E-state index contributed by atoms with van der Waals surface area (Å²) < 4.78 is 3.84. The van der Waals surface area contributed by atoms with Crippen molar-refractivity contribution in [3.63, 3.8) is 0 Å². The highest BCUT2D eigenvalue weighted by Crippen LogP contribution is 2.38. The molecule has 0 saturated carbocycles. The molecule has 8 nitrogen and oxygen atoms in total. The van der Waals surface area contributed by atoms with Crippen LogP contribution < -0.4 is 0 Å². The van der Waals surface area contributed by atoms with Gasteiger partial charge in [0.25, 0.3) is 0 Å². The van der Waals surface area contributed by atoms with Crippen molar-refractivity contribution >= 4 is 5.91 Å². The average Bonchev–Trinajstić information content (AvgIpc) is 3.41. The number of likely N-dealkylation sites (tertiary alicyclic amines) is 1. The Bertz CT molecular complexity index is 890. The zero-order valence-electron chi connectivity index (χ0n) is 15.4. The number of amides is 1. The van der Waals surface area contributed by atoms with Crippen LogP contribution in [0.5, 0.6) is 0 Å². The third kappa shape index (κ3) is 3.47. The Morgan fingerprint density at radius 1 is 1.19 bits per heavy atom. The van der Waals surface area contributed by atoms with Gasteiger partial charge in [-0.2, -0.15) is 0 Å². The van der Waals surface area contributed by atoms with Crippen molar-refractivity contribution in [1.29, 1.82) is 0 Å². The fraction of sp³-hybridized carbons (Fsp3) is 0.421. The minimum atomic E-state index is -0.482. The number of hydrogen-bond donors (Lipinski definition) is 0. The van der Waals surface area contributed by atoms with E-state index in [9.17, 15) is 4.79 Å². The molecule has 1 fully saturated rings. The summed E-state index contributed by atoms with van der Waals surface area (Å²) in [7, 11) is 0. The van der Waals surface area contributed by atoms with Crippen LogP contribution in [0.1, 0.15) is 37.6 Å². The van der Waals surface area contributed by atoms with E-state index in [0.717, 1.165) is 30.8 Å². The number of carbonyl (C=O) groups excluding carboxylic acids is 1. The number of aromatic nitrogens is 6. The number of imidazole rings is 1. The SMILES string of the molecule is CC1(c2nnnn2Cc2ccccc2)CCC(=O)N1CCCn1ccnc1. The van der Waals surface area contributed by atoms with Gasteiger partial charge < -0.3 is 9.47 Å². The molecule has 1 aromatic carbocycles. The summed E-state index contributed by atoms with van der Waals surface area (Å²) in [4.78, 5) is 18.6. The van der Waals surface area contributed by atoms with Gasteiger partial charge in [0, 0.05) is 31.9 Å². The smallest absolute Gasteiger partial charge is 0.223 e. The van der Waals surface area contributed by atoms with Gasteiger partial charge in [0.15, 0.2) is 5.82 Å². The van der Waals surface area contributed by atoms with E-state index in [2.05, 4.69) is 39.6 Å². The first-order chi connectivity index (χ1) is 13.2. The first-order valence-electron chi connectivity index (χ1n) is 9.23. The lowest BCUT2D eigenvalue weighted by molar-refractivity contribution is -0.131. The molecule has 2 aromatic heterocycles. The molecule has 1 aliphatic rings. The molecule has 1 atom stereocenters. The van der Waals surface area contributed by atoms with Crippen molar-refractivity contribution in [3.8, 4) is 0 Å². The van der Waals surface area contributed by atoms with E-state index in [0.29, 0.717) is 19.5 Å². The largest absolute Gasteiger partial charge is 0.337 e. The van der Waals surface area contributed by atoms with Crippen molar-refractivity contribution in [1.82, 2.24) is 34.7 Å². The third-order valence-electron chi connectivity index (χ3n) is 5.27. The summed E-state index contributed by atoms with van der Waals surface area (Å²) in [6.45, 7) is 4.17. The molecule has 0 N–H and O–H groups in total. The number of aryl methyl sites for hydroxylation is 1. The lowest BCUT2D eigenvalue weighted by atomic mass is 9.97. The zero-order valence-corrected chi connectivity index (χ0v) is 15.4. The van der Waals surface area contributed by atoms with E-state index in [1.165, 1.54) is 0 Å². The maximum Gasteiger partial charge on any atom is 0.223 e. The molecule has 1 unspecified atom stereocenters. The van der Waals surface area contributed by atoms with E-state index in [1.807, 2.05) is 38.5 Å². The monoisotopic (exact) mass is 365 g/mol. The Morgan fingerprint density at radius 2 is 2.04 bits per heavy atom. The van der Waals surface area contributed by atoms with Gasteiger partial charge in [-0.25, -0.2) is 9.67 Å². The number of benzene rings is 1.